The molecule has 0 radical (unpaired) electrons. The molecule has 2 fully saturated rings. The van der Waals surface area contributed by atoms with Gasteiger partial charge in [0.2, 0.25) is 0 Å². The largest absolute Gasteiger partial charge is 0.390 e. The molecule has 0 aromatic heterocycles. The third-order valence-corrected chi connectivity index (χ3v) is 6.73. The van der Waals surface area contributed by atoms with E-state index < -0.39 is 0 Å². The molecule has 0 aliphatic carbocycles. The maximum absolute atomic E-state index is 10.7. The van der Waals surface area contributed by atoms with Gasteiger partial charge in [0.1, 0.15) is 0 Å². The van der Waals surface area contributed by atoms with Crippen LogP contribution in [0.4, 0.5) is 0 Å². The van der Waals surface area contributed by atoms with E-state index in [-0.39, 0.29) is 5.60 Å². The van der Waals surface area contributed by atoms with E-state index in [1.165, 1.54) is 70.6 Å². The van der Waals surface area contributed by atoms with Gasteiger partial charge < -0.3 is 5.11 Å². The Morgan fingerprint density at radius 1 is 0.850 bits per heavy atom. The van der Waals surface area contributed by atoms with Crippen molar-refractivity contribution in [1.29, 1.82) is 0 Å². The molecule has 2 aliphatic heterocycles. The number of fused-ring (bicyclic) bond motifs is 2. The number of thioether (sulfide) groups is 1. The predicted octanol–water partition coefficient (Wildman–Crippen LogP) is 5.70. The van der Waals surface area contributed by atoms with Gasteiger partial charge in [-0.1, -0.05) is 64.7 Å². The maximum Gasteiger partial charge on any atom is 0.0668 e. The Morgan fingerprint density at radius 2 is 1.35 bits per heavy atom. The second-order valence-corrected chi connectivity index (χ2v) is 8.77. The molecule has 2 unspecified atom stereocenters. The van der Waals surface area contributed by atoms with Gasteiger partial charge in [-0.05, 0) is 32.1 Å². The van der Waals surface area contributed by atoms with Crippen molar-refractivity contribution >= 4 is 11.8 Å². The molecule has 20 heavy (non-hydrogen) atoms. The highest BCUT2D eigenvalue weighted by molar-refractivity contribution is 8.00. The molecule has 0 aromatic rings. The van der Waals surface area contributed by atoms with Crippen LogP contribution >= 0.6 is 11.8 Å². The van der Waals surface area contributed by atoms with Gasteiger partial charge in [0.15, 0.2) is 0 Å². The number of hydrogen-bond acceptors (Lipinski definition) is 2. The highest BCUT2D eigenvalue weighted by Crippen LogP contribution is 2.48. The van der Waals surface area contributed by atoms with Gasteiger partial charge in [0.05, 0.1) is 5.60 Å². The minimum atomic E-state index is -0.293. The molecule has 0 aromatic carbocycles. The van der Waals surface area contributed by atoms with Crippen LogP contribution in [0.1, 0.15) is 96.8 Å². The van der Waals surface area contributed by atoms with Crippen LogP contribution in [0, 0.1) is 0 Å². The fourth-order valence-corrected chi connectivity index (χ4v) is 5.88. The fourth-order valence-electron chi connectivity index (χ4n) is 3.98. The van der Waals surface area contributed by atoms with Crippen molar-refractivity contribution < 1.29 is 5.11 Å². The first kappa shape index (κ1) is 16.7. The van der Waals surface area contributed by atoms with Crippen molar-refractivity contribution in [3.63, 3.8) is 0 Å². The molecule has 2 bridgehead atoms. The number of unbranched alkanes of at least 4 members (excludes halogenated alkanes) is 8. The van der Waals surface area contributed by atoms with E-state index in [9.17, 15) is 5.11 Å². The van der Waals surface area contributed by atoms with Gasteiger partial charge in [-0.3, -0.25) is 0 Å². The summed E-state index contributed by atoms with van der Waals surface area (Å²) in [5, 5.41) is 12.3. The van der Waals surface area contributed by atoms with Crippen LogP contribution in [0.25, 0.3) is 0 Å². The zero-order valence-corrected chi connectivity index (χ0v) is 14.2. The summed E-state index contributed by atoms with van der Waals surface area (Å²) in [7, 11) is 0. The lowest BCUT2D eigenvalue weighted by Crippen LogP contribution is -2.37. The predicted molar refractivity (Wildman–Crippen MR) is 90.4 cm³/mol. The Hall–Kier alpha value is 0.310. The van der Waals surface area contributed by atoms with E-state index in [0.29, 0.717) is 0 Å². The Morgan fingerprint density at radius 3 is 1.90 bits per heavy atom. The number of rotatable bonds is 10. The molecular weight excluding hydrogens is 264 g/mol. The smallest absolute Gasteiger partial charge is 0.0668 e. The minimum Gasteiger partial charge on any atom is -0.390 e. The molecule has 2 saturated heterocycles. The monoisotopic (exact) mass is 298 g/mol. The van der Waals surface area contributed by atoms with E-state index in [1.54, 1.807) is 0 Å². The molecule has 0 amide bonds. The first-order chi connectivity index (χ1) is 9.72. The van der Waals surface area contributed by atoms with Crippen molar-refractivity contribution in [3.8, 4) is 0 Å². The number of aliphatic hydroxyl groups is 1. The average molecular weight is 299 g/mol. The third kappa shape index (κ3) is 5.60. The highest BCUT2D eigenvalue weighted by atomic mass is 32.2. The van der Waals surface area contributed by atoms with Crippen LogP contribution in [0.3, 0.4) is 0 Å². The summed E-state index contributed by atoms with van der Waals surface area (Å²) in [4.78, 5) is 0. The molecule has 118 valence electrons. The second-order valence-electron chi connectivity index (χ2n) is 7.17. The Balaban J connectivity index is 1.47. The molecule has 0 saturated carbocycles. The lowest BCUT2D eigenvalue weighted by Gasteiger charge is -2.36. The van der Waals surface area contributed by atoms with Crippen molar-refractivity contribution in [1.82, 2.24) is 0 Å². The highest BCUT2D eigenvalue weighted by Gasteiger charge is 2.42. The van der Waals surface area contributed by atoms with E-state index in [4.69, 9.17) is 0 Å². The van der Waals surface area contributed by atoms with E-state index in [1.807, 2.05) is 0 Å². The van der Waals surface area contributed by atoms with E-state index in [2.05, 4.69) is 18.7 Å². The summed E-state index contributed by atoms with van der Waals surface area (Å²) >= 11 is 2.15. The maximum atomic E-state index is 10.7. The first-order valence-corrected chi connectivity index (χ1v) is 10.0. The van der Waals surface area contributed by atoms with Crippen molar-refractivity contribution in [2.24, 2.45) is 0 Å². The summed E-state index contributed by atoms with van der Waals surface area (Å²) in [5.74, 6) is 0. The molecule has 2 heteroatoms. The molecule has 2 heterocycles. The van der Waals surface area contributed by atoms with Gasteiger partial charge in [-0.25, -0.2) is 0 Å². The quantitative estimate of drug-likeness (QED) is 0.522. The summed E-state index contributed by atoms with van der Waals surface area (Å²) < 4.78 is 0. The van der Waals surface area contributed by atoms with Crippen molar-refractivity contribution in [2.45, 2.75) is 113 Å². The SMILES string of the molecule is CCCCCCCCCCCC1(O)CC2CCC(C1)S2. The first-order valence-electron chi connectivity index (χ1n) is 9.10. The van der Waals surface area contributed by atoms with Gasteiger partial charge in [-0.15, -0.1) is 0 Å². The van der Waals surface area contributed by atoms with Crippen molar-refractivity contribution in [2.75, 3.05) is 0 Å². The lowest BCUT2D eigenvalue weighted by atomic mass is 9.87. The molecule has 2 atom stereocenters. The van der Waals surface area contributed by atoms with Crippen LogP contribution in [-0.2, 0) is 0 Å². The van der Waals surface area contributed by atoms with Gasteiger partial charge in [0.25, 0.3) is 0 Å². The summed E-state index contributed by atoms with van der Waals surface area (Å²) in [6.45, 7) is 2.28. The zero-order chi connectivity index (χ0) is 14.3. The Kier molecular flexibility index (Phi) is 7.24. The van der Waals surface area contributed by atoms with Crippen LogP contribution < -0.4 is 0 Å². The second kappa shape index (κ2) is 8.68. The van der Waals surface area contributed by atoms with Crippen LogP contribution in [-0.4, -0.2) is 21.2 Å². The fraction of sp³-hybridized carbons (Fsp3) is 1.00. The molecule has 1 N–H and O–H groups in total. The molecule has 1 nitrogen and oxygen atoms in total. The lowest BCUT2D eigenvalue weighted by molar-refractivity contribution is 0.0130. The summed E-state index contributed by atoms with van der Waals surface area (Å²) in [5.41, 5.74) is -0.293. The average Bonchev–Trinajstić information content (AvgIpc) is 2.77. The summed E-state index contributed by atoms with van der Waals surface area (Å²) in [6, 6.07) is 0. The van der Waals surface area contributed by atoms with Crippen LogP contribution in [0.5, 0.6) is 0 Å². The topological polar surface area (TPSA) is 20.2 Å². The van der Waals surface area contributed by atoms with E-state index >= 15 is 0 Å². The zero-order valence-electron chi connectivity index (χ0n) is 13.4. The van der Waals surface area contributed by atoms with E-state index in [0.717, 1.165) is 29.8 Å². The van der Waals surface area contributed by atoms with Gasteiger partial charge >= 0.3 is 0 Å². The number of hydrogen-bond donors (Lipinski definition) is 1. The Labute approximate surface area is 130 Å². The Bertz CT molecular complexity index is 254. The molecule has 0 spiro atoms. The minimum absolute atomic E-state index is 0.293. The standard InChI is InChI=1S/C18H34OS/c1-2-3-4-5-6-7-8-9-10-13-18(19)14-16-11-12-17(15-18)20-16/h16-17,19H,2-15H2,1H3. The normalized spacial score (nSPS) is 32.7. The third-order valence-electron chi connectivity index (χ3n) is 5.16. The van der Waals surface area contributed by atoms with Gasteiger partial charge in [-0.2, -0.15) is 11.8 Å². The summed E-state index contributed by atoms with van der Waals surface area (Å²) in [6.07, 6.45) is 18.3. The van der Waals surface area contributed by atoms with Crippen molar-refractivity contribution in [3.05, 3.63) is 0 Å². The molecule has 2 rings (SSSR count). The van der Waals surface area contributed by atoms with Gasteiger partial charge in [0, 0.05) is 10.5 Å². The van der Waals surface area contributed by atoms with Crippen LogP contribution in [0.2, 0.25) is 0 Å². The molecular formula is C18H34OS. The van der Waals surface area contributed by atoms with Crippen LogP contribution in [0.15, 0.2) is 0 Å². The molecule has 2 aliphatic rings.